The first-order valence-electron chi connectivity index (χ1n) is 8.44. The van der Waals surface area contributed by atoms with Crippen LogP contribution >= 0.6 is 46.1 Å². The van der Waals surface area contributed by atoms with Gasteiger partial charge in [-0.3, -0.25) is 4.79 Å². The van der Waals surface area contributed by atoms with Gasteiger partial charge in [0.15, 0.2) is 0 Å². The summed E-state index contributed by atoms with van der Waals surface area (Å²) in [5.74, 6) is 0.405. The van der Waals surface area contributed by atoms with Crippen LogP contribution in [0.2, 0.25) is 15.1 Å². The van der Waals surface area contributed by atoms with Gasteiger partial charge in [0.25, 0.3) is 0 Å². The van der Waals surface area contributed by atoms with Crippen LogP contribution in [0, 0.1) is 0 Å². The first kappa shape index (κ1) is 20.9. The number of aromatic nitrogens is 2. The summed E-state index contributed by atoms with van der Waals surface area (Å²) in [5, 5.41) is 13.9. The lowest BCUT2D eigenvalue weighted by molar-refractivity contribution is -0.116. The van der Waals surface area contributed by atoms with Gasteiger partial charge in [-0.15, -0.1) is 10.2 Å². The van der Waals surface area contributed by atoms with Gasteiger partial charge in [0, 0.05) is 22.9 Å². The Morgan fingerprint density at radius 2 is 1.79 bits per heavy atom. The van der Waals surface area contributed by atoms with E-state index in [0.717, 1.165) is 10.6 Å². The lowest BCUT2D eigenvalue weighted by Crippen LogP contribution is -2.12. The molecule has 3 aromatic rings. The average Bonchev–Trinajstić information content (AvgIpc) is 3.09. The van der Waals surface area contributed by atoms with Crippen molar-refractivity contribution >= 4 is 57.2 Å². The topological polar surface area (TPSA) is 64.1 Å². The molecular formula is C19H16Cl3N3O2S. The highest BCUT2D eigenvalue weighted by Crippen LogP contribution is 2.27. The molecule has 0 aliphatic rings. The number of amides is 1. The molecule has 5 nitrogen and oxygen atoms in total. The predicted molar refractivity (Wildman–Crippen MR) is 114 cm³/mol. The normalized spacial score (nSPS) is 10.7. The van der Waals surface area contributed by atoms with Gasteiger partial charge in [-0.2, -0.15) is 0 Å². The van der Waals surface area contributed by atoms with Gasteiger partial charge >= 0.3 is 0 Å². The van der Waals surface area contributed by atoms with Crippen molar-refractivity contribution in [1.29, 1.82) is 0 Å². The zero-order valence-corrected chi connectivity index (χ0v) is 17.7. The average molecular weight is 457 g/mol. The van der Waals surface area contributed by atoms with E-state index >= 15 is 0 Å². The van der Waals surface area contributed by atoms with E-state index in [1.54, 1.807) is 18.2 Å². The Bertz CT molecular complexity index is 948. The summed E-state index contributed by atoms with van der Waals surface area (Å²) in [5.41, 5.74) is 1.08. The zero-order valence-electron chi connectivity index (χ0n) is 14.6. The molecule has 28 heavy (non-hydrogen) atoms. The molecule has 0 aliphatic carbocycles. The third kappa shape index (κ3) is 6.34. The molecular weight excluding hydrogens is 441 g/mol. The number of hydrogen-bond donors (Lipinski definition) is 1. The summed E-state index contributed by atoms with van der Waals surface area (Å²) in [6.45, 7) is 0.368. The van der Waals surface area contributed by atoms with E-state index in [-0.39, 0.29) is 5.91 Å². The molecule has 0 fully saturated rings. The van der Waals surface area contributed by atoms with E-state index in [0.29, 0.717) is 51.8 Å². The van der Waals surface area contributed by atoms with Crippen molar-refractivity contribution < 1.29 is 9.53 Å². The number of halogens is 3. The fourth-order valence-corrected chi connectivity index (χ4v) is 3.72. The first-order valence-corrected chi connectivity index (χ1v) is 10.4. The summed E-state index contributed by atoms with van der Waals surface area (Å²) in [7, 11) is 0. The minimum absolute atomic E-state index is 0.139. The fraction of sp³-hybridized carbons (Fsp3) is 0.211. The molecule has 0 radical (unpaired) electrons. The predicted octanol–water partition coefficient (Wildman–Crippen LogP) is 5.89. The quantitative estimate of drug-likeness (QED) is 0.429. The molecule has 3 rings (SSSR count). The molecule has 2 aromatic carbocycles. The highest BCUT2D eigenvalue weighted by atomic mass is 35.5. The Morgan fingerprint density at radius 3 is 2.54 bits per heavy atom. The largest absolute Gasteiger partial charge is 0.492 e. The second-order valence-corrected chi connectivity index (χ2v) is 8.22. The summed E-state index contributed by atoms with van der Waals surface area (Å²) < 4.78 is 5.57. The van der Waals surface area contributed by atoms with Crippen molar-refractivity contribution in [3.05, 3.63) is 68.1 Å². The molecule has 0 spiro atoms. The molecule has 1 N–H and O–H groups in total. The van der Waals surface area contributed by atoms with Gasteiger partial charge in [-0.1, -0.05) is 58.3 Å². The lowest BCUT2D eigenvalue weighted by atomic mass is 10.2. The van der Waals surface area contributed by atoms with Crippen molar-refractivity contribution in [2.45, 2.75) is 19.3 Å². The maximum atomic E-state index is 12.1. The SMILES string of the molecule is O=C(CCCOc1ccc(Cl)cc1Cl)Nc1nnc(Cc2ccc(Cl)cc2)s1. The third-order valence-electron chi connectivity index (χ3n) is 3.68. The Balaban J connectivity index is 1.41. The van der Waals surface area contributed by atoms with Gasteiger partial charge in [0.2, 0.25) is 11.0 Å². The number of ether oxygens (including phenoxy) is 1. The van der Waals surface area contributed by atoms with E-state index in [1.165, 1.54) is 11.3 Å². The van der Waals surface area contributed by atoms with Crippen LogP contribution in [0.5, 0.6) is 5.75 Å². The van der Waals surface area contributed by atoms with Gasteiger partial charge in [-0.05, 0) is 42.3 Å². The van der Waals surface area contributed by atoms with Crippen LogP contribution in [0.3, 0.4) is 0 Å². The minimum Gasteiger partial charge on any atom is -0.492 e. The fourth-order valence-electron chi connectivity index (χ4n) is 2.34. The standard InChI is InChI=1S/C19H16Cl3N3O2S/c20-13-5-3-12(4-6-13)10-18-24-25-19(28-18)23-17(26)2-1-9-27-16-8-7-14(21)11-15(16)22/h3-8,11H,1-2,9-10H2,(H,23,25,26). The number of nitrogens with zero attached hydrogens (tertiary/aromatic N) is 2. The van der Waals surface area contributed by atoms with Gasteiger partial charge in [-0.25, -0.2) is 0 Å². The number of carbonyl (C=O) groups is 1. The minimum atomic E-state index is -0.139. The number of carbonyl (C=O) groups excluding carboxylic acids is 1. The molecule has 1 aromatic heterocycles. The number of hydrogen-bond acceptors (Lipinski definition) is 5. The van der Waals surface area contributed by atoms with E-state index < -0.39 is 0 Å². The number of anilines is 1. The second-order valence-electron chi connectivity index (χ2n) is 5.88. The first-order chi connectivity index (χ1) is 13.5. The summed E-state index contributed by atoms with van der Waals surface area (Å²) in [6, 6.07) is 12.6. The summed E-state index contributed by atoms with van der Waals surface area (Å²) in [4.78, 5) is 12.1. The summed E-state index contributed by atoms with van der Waals surface area (Å²) in [6.07, 6.45) is 1.49. The molecule has 1 heterocycles. The van der Waals surface area contributed by atoms with E-state index in [9.17, 15) is 4.79 Å². The highest BCUT2D eigenvalue weighted by Gasteiger charge is 2.09. The van der Waals surface area contributed by atoms with Crippen LogP contribution in [0.25, 0.3) is 0 Å². The van der Waals surface area contributed by atoms with Crippen LogP contribution in [0.4, 0.5) is 5.13 Å². The summed E-state index contributed by atoms with van der Waals surface area (Å²) >= 11 is 19.1. The molecule has 0 unspecified atom stereocenters. The maximum Gasteiger partial charge on any atom is 0.226 e. The van der Waals surface area contributed by atoms with Crippen LogP contribution in [-0.2, 0) is 11.2 Å². The second kappa shape index (κ2) is 10.1. The van der Waals surface area contributed by atoms with E-state index in [2.05, 4.69) is 15.5 Å². The van der Waals surface area contributed by atoms with Crippen molar-refractivity contribution in [3.63, 3.8) is 0 Å². The highest BCUT2D eigenvalue weighted by molar-refractivity contribution is 7.15. The number of rotatable bonds is 8. The number of nitrogens with one attached hydrogen (secondary N) is 1. The molecule has 0 bridgehead atoms. The van der Waals surface area contributed by atoms with Crippen LogP contribution < -0.4 is 10.1 Å². The molecule has 0 saturated carbocycles. The Morgan fingerprint density at radius 1 is 1.04 bits per heavy atom. The van der Waals surface area contributed by atoms with Crippen molar-refractivity contribution in [3.8, 4) is 5.75 Å². The Kier molecular flexibility index (Phi) is 7.50. The molecule has 146 valence electrons. The van der Waals surface area contributed by atoms with Crippen molar-refractivity contribution in [2.75, 3.05) is 11.9 Å². The van der Waals surface area contributed by atoms with Gasteiger partial charge in [0.1, 0.15) is 10.8 Å². The van der Waals surface area contributed by atoms with E-state index in [1.807, 2.05) is 24.3 Å². The zero-order chi connectivity index (χ0) is 19.9. The lowest BCUT2D eigenvalue weighted by Gasteiger charge is -2.07. The van der Waals surface area contributed by atoms with Gasteiger partial charge < -0.3 is 10.1 Å². The number of benzene rings is 2. The van der Waals surface area contributed by atoms with Crippen LogP contribution in [0.15, 0.2) is 42.5 Å². The Hall–Kier alpha value is -1.86. The van der Waals surface area contributed by atoms with Crippen molar-refractivity contribution in [1.82, 2.24) is 10.2 Å². The molecule has 1 amide bonds. The monoisotopic (exact) mass is 455 g/mol. The smallest absolute Gasteiger partial charge is 0.226 e. The molecule has 0 saturated heterocycles. The molecule has 0 atom stereocenters. The third-order valence-corrected chi connectivity index (χ3v) is 5.30. The maximum absolute atomic E-state index is 12.1. The molecule has 0 aliphatic heterocycles. The van der Waals surface area contributed by atoms with Crippen molar-refractivity contribution in [2.24, 2.45) is 0 Å². The Labute approximate surface area is 181 Å². The van der Waals surface area contributed by atoms with Gasteiger partial charge in [0.05, 0.1) is 11.6 Å². The van der Waals surface area contributed by atoms with Crippen LogP contribution in [-0.4, -0.2) is 22.7 Å². The molecule has 9 heteroatoms. The van der Waals surface area contributed by atoms with Crippen LogP contribution in [0.1, 0.15) is 23.4 Å². The van der Waals surface area contributed by atoms with E-state index in [4.69, 9.17) is 39.5 Å².